The summed E-state index contributed by atoms with van der Waals surface area (Å²) in [6.45, 7) is 13.7. The van der Waals surface area contributed by atoms with Gasteiger partial charge in [-0.25, -0.2) is 0 Å². The first-order chi connectivity index (χ1) is 8.49. The molecule has 0 saturated carbocycles. The highest BCUT2D eigenvalue weighted by atomic mass is 16.3. The molecule has 108 valence electrons. The maximum absolute atomic E-state index is 9.00. The van der Waals surface area contributed by atoms with Crippen molar-refractivity contribution in [1.29, 1.82) is 0 Å². The summed E-state index contributed by atoms with van der Waals surface area (Å²) in [5.41, 5.74) is 0.293. The van der Waals surface area contributed by atoms with E-state index in [1.165, 1.54) is 13.0 Å². The lowest BCUT2D eigenvalue weighted by Crippen LogP contribution is -2.46. The van der Waals surface area contributed by atoms with Crippen LogP contribution in [0.1, 0.15) is 27.2 Å². The van der Waals surface area contributed by atoms with Gasteiger partial charge in [0.15, 0.2) is 0 Å². The average molecular weight is 257 g/mol. The van der Waals surface area contributed by atoms with Crippen molar-refractivity contribution in [2.45, 2.75) is 33.2 Å². The number of aliphatic hydroxyl groups is 1. The summed E-state index contributed by atoms with van der Waals surface area (Å²) in [6.07, 6.45) is 1.21. The molecule has 18 heavy (non-hydrogen) atoms. The Morgan fingerprint density at radius 3 is 2.39 bits per heavy atom. The van der Waals surface area contributed by atoms with Crippen molar-refractivity contribution in [3.05, 3.63) is 0 Å². The van der Waals surface area contributed by atoms with Crippen molar-refractivity contribution < 1.29 is 5.11 Å². The van der Waals surface area contributed by atoms with Gasteiger partial charge >= 0.3 is 0 Å². The second-order valence-electron chi connectivity index (χ2n) is 6.19. The van der Waals surface area contributed by atoms with Crippen LogP contribution >= 0.6 is 0 Å². The zero-order valence-corrected chi connectivity index (χ0v) is 12.6. The van der Waals surface area contributed by atoms with Crippen molar-refractivity contribution >= 4 is 0 Å². The molecule has 1 unspecified atom stereocenters. The lowest BCUT2D eigenvalue weighted by molar-refractivity contribution is 0.145. The zero-order valence-electron chi connectivity index (χ0n) is 12.6. The molecule has 0 aromatic rings. The second kappa shape index (κ2) is 7.43. The van der Waals surface area contributed by atoms with E-state index in [1.807, 2.05) is 7.05 Å². The summed E-state index contributed by atoms with van der Waals surface area (Å²) in [6, 6.07) is 0.522. The minimum atomic E-state index is 0.280. The molecule has 1 aliphatic heterocycles. The van der Waals surface area contributed by atoms with Gasteiger partial charge in [-0.05, 0) is 38.9 Å². The normalized spacial score (nSPS) is 21.8. The molecule has 1 saturated heterocycles. The highest BCUT2D eigenvalue weighted by Gasteiger charge is 2.28. The van der Waals surface area contributed by atoms with Gasteiger partial charge in [-0.3, -0.25) is 4.90 Å². The van der Waals surface area contributed by atoms with Crippen LogP contribution in [-0.4, -0.2) is 73.9 Å². The molecule has 0 spiro atoms. The number of aliphatic hydroxyl groups excluding tert-OH is 1. The van der Waals surface area contributed by atoms with Gasteiger partial charge in [0.25, 0.3) is 0 Å². The molecule has 1 atom stereocenters. The van der Waals surface area contributed by atoms with Crippen LogP contribution in [0.5, 0.6) is 0 Å². The van der Waals surface area contributed by atoms with E-state index in [1.54, 1.807) is 0 Å². The maximum Gasteiger partial charge on any atom is 0.0558 e. The Hall–Kier alpha value is -0.160. The molecule has 2 N–H and O–H groups in total. The van der Waals surface area contributed by atoms with Crippen LogP contribution < -0.4 is 5.32 Å². The first-order valence-corrected chi connectivity index (χ1v) is 7.22. The number of nitrogens with one attached hydrogen (secondary N) is 1. The fourth-order valence-electron chi connectivity index (χ4n) is 2.65. The van der Waals surface area contributed by atoms with E-state index < -0.39 is 0 Å². The van der Waals surface area contributed by atoms with Crippen LogP contribution in [0.3, 0.4) is 0 Å². The highest BCUT2D eigenvalue weighted by Crippen LogP contribution is 2.22. The Labute approximate surface area is 112 Å². The van der Waals surface area contributed by atoms with E-state index in [0.29, 0.717) is 11.5 Å². The van der Waals surface area contributed by atoms with Crippen LogP contribution in [0, 0.1) is 5.41 Å². The molecule has 0 radical (unpaired) electrons. The molecule has 0 aromatic carbocycles. The summed E-state index contributed by atoms with van der Waals surface area (Å²) < 4.78 is 0. The fraction of sp³-hybridized carbons (Fsp3) is 1.00. The van der Waals surface area contributed by atoms with E-state index in [4.69, 9.17) is 5.11 Å². The number of nitrogens with zero attached hydrogens (tertiary/aromatic N) is 2. The number of hydrogen-bond donors (Lipinski definition) is 2. The van der Waals surface area contributed by atoms with Crippen LogP contribution in [0.4, 0.5) is 0 Å². The third kappa shape index (κ3) is 4.84. The Bertz CT molecular complexity index is 233. The monoisotopic (exact) mass is 257 g/mol. The third-order valence-corrected chi connectivity index (χ3v) is 4.33. The van der Waals surface area contributed by atoms with Gasteiger partial charge in [-0.15, -0.1) is 0 Å². The number of β-amino-alcohol motifs (C(OH)–C–C–N with tert-alkyl or cyclic N) is 1. The van der Waals surface area contributed by atoms with E-state index in [2.05, 4.69) is 35.9 Å². The van der Waals surface area contributed by atoms with Crippen LogP contribution in [0.2, 0.25) is 0 Å². The standard InChI is InChI=1S/C14H31N3O/c1-13(15-4)14(2,3)12-17-7-5-6-16(8-9-17)10-11-18/h13,15,18H,5-12H2,1-4H3. The maximum atomic E-state index is 9.00. The molecule has 4 nitrogen and oxygen atoms in total. The molecule has 0 amide bonds. The van der Waals surface area contributed by atoms with Gasteiger partial charge in [0, 0.05) is 32.2 Å². The van der Waals surface area contributed by atoms with Crippen LogP contribution in [0.15, 0.2) is 0 Å². The van der Waals surface area contributed by atoms with Crippen molar-refractivity contribution in [1.82, 2.24) is 15.1 Å². The molecule has 1 aliphatic rings. The number of rotatable bonds is 6. The van der Waals surface area contributed by atoms with Crippen molar-refractivity contribution in [3.8, 4) is 0 Å². The fourth-order valence-corrected chi connectivity index (χ4v) is 2.65. The summed E-state index contributed by atoms with van der Waals surface area (Å²) >= 11 is 0. The minimum absolute atomic E-state index is 0.280. The summed E-state index contributed by atoms with van der Waals surface area (Å²) in [4.78, 5) is 4.94. The summed E-state index contributed by atoms with van der Waals surface area (Å²) in [5, 5.41) is 12.4. The van der Waals surface area contributed by atoms with Crippen molar-refractivity contribution in [3.63, 3.8) is 0 Å². The predicted octanol–water partition coefficient (Wildman–Crippen LogP) is 0.621. The zero-order chi connectivity index (χ0) is 13.6. The quantitative estimate of drug-likeness (QED) is 0.732. The average Bonchev–Trinajstić information content (AvgIpc) is 2.54. The van der Waals surface area contributed by atoms with E-state index in [-0.39, 0.29) is 6.61 Å². The third-order valence-electron chi connectivity index (χ3n) is 4.33. The summed E-state index contributed by atoms with van der Waals surface area (Å²) in [5.74, 6) is 0. The van der Waals surface area contributed by atoms with Gasteiger partial charge in [-0.2, -0.15) is 0 Å². The first kappa shape index (κ1) is 15.9. The van der Waals surface area contributed by atoms with Crippen LogP contribution in [0.25, 0.3) is 0 Å². The van der Waals surface area contributed by atoms with Crippen LogP contribution in [-0.2, 0) is 0 Å². The lowest BCUT2D eigenvalue weighted by Gasteiger charge is -2.36. The molecule has 1 heterocycles. The van der Waals surface area contributed by atoms with Gasteiger partial charge < -0.3 is 15.3 Å². The largest absolute Gasteiger partial charge is 0.395 e. The van der Waals surface area contributed by atoms with Gasteiger partial charge in [0.2, 0.25) is 0 Å². The summed E-state index contributed by atoms with van der Waals surface area (Å²) in [7, 11) is 2.04. The molecule has 0 aromatic heterocycles. The van der Waals surface area contributed by atoms with Gasteiger partial charge in [0.1, 0.15) is 0 Å². The van der Waals surface area contributed by atoms with E-state index in [9.17, 15) is 0 Å². The van der Waals surface area contributed by atoms with E-state index in [0.717, 1.165) is 32.7 Å². The smallest absolute Gasteiger partial charge is 0.0558 e. The Morgan fingerprint density at radius 1 is 1.17 bits per heavy atom. The second-order valence-corrected chi connectivity index (χ2v) is 6.19. The molecule has 1 fully saturated rings. The molecule has 0 bridgehead atoms. The predicted molar refractivity (Wildman–Crippen MR) is 76.9 cm³/mol. The molecule has 0 aliphatic carbocycles. The van der Waals surface area contributed by atoms with Crippen molar-refractivity contribution in [2.24, 2.45) is 5.41 Å². The molecular formula is C14H31N3O. The van der Waals surface area contributed by atoms with Gasteiger partial charge in [0.05, 0.1) is 6.61 Å². The Kier molecular flexibility index (Phi) is 6.57. The SMILES string of the molecule is CNC(C)C(C)(C)CN1CCCN(CCO)CC1. The topological polar surface area (TPSA) is 38.7 Å². The Morgan fingerprint density at radius 2 is 1.78 bits per heavy atom. The number of hydrogen-bond acceptors (Lipinski definition) is 4. The highest BCUT2D eigenvalue weighted by molar-refractivity contribution is 4.84. The van der Waals surface area contributed by atoms with Crippen molar-refractivity contribution in [2.75, 3.05) is 52.9 Å². The van der Waals surface area contributed by atoms with E-state index >= 15 is 0 Å². The first-order valence-electron chi connectivity index (χ1n) is 7.22. The molecule has 1 rings (SSSR count). The lowest BCUT2D eigenvalue weighted by atomic mass is 9.85. The van der Waals surface area contributed by atoms with Gasteiger partial charge in [-0.1, -0.05) is 13.8 Å². The molecule has 4 heteroatoms. The Balaban J connectivity index is 2.43. The molecular weight excluding hydrogens is 226 g/mol. The minimum Gasteiger partial charge on any atom is -0.395 e.